The molecule has 0 spiro atoms. The van der Waals surface area contributed by atoms with E-state index in [1.165, 1.54) is 9.80 Å². The SMILES string of the molecule is CCC(C)C(N)C(=O)N1CCCC1C(=O)N1CCCC1C(=O)NC(CC(=O)O)C(=O)O. The third-order valence-electron chi connectivity index (χ3n) is 6.19. The van der Waals surface area contributed by atoms with Crippen molar-refractivity contribution in [3.8, 4) is 0 Å². The number of nitrogens with zero attached hydrogens (tertiary/aromatic N) is 2. The lowest BCUT2D eigenvalue weighted by Crippen LogP contribution is -2.57. The van der Waals surface area contributed by atoms with Gasteiger partial charge in [-0.2, -0.15) is 0 Å². The molecule has 0 bridgehead atoms. The van der Waals surface area contributed by atoms with Crippen LogP contribution in [0.25, 0.3) is 0 Å². The van der Waals surface area contributed by atoms with Crippen LogP contribution in [0.15, 0.2) is 0 Å². The number of amides is 3. The van der Waals surface area contributed by atoms with Crippen molar-refractivity contribution >= 4 is 29.7 Å². The van der Waals surface area contributed by atoms with E-state index in [0.29, 0.717) is 38.8 Å². The highest BCUT2D eigenvalue weighted by atomic mass is 16.4. The van der Waals surface area contributed by atoms with Crippen molar-refractivity contribution in [3.63, 3.8) is 0 Å². The Morgan fingerprint density at radius 2 is 1.61 bits per heavy atom. The van der Waals surface area contributed by atoms with Gasteiger partial charge in [-0.25, -0.2) is 4.79 Å². The van der Waals surface area contributed by atoms with E-state index in [0.717, 1.165) is 6.42 Å². The highest BCUT2D eigenvalue weighted by molar-refractivity contribution is 5.95. The molecule has 2 aliphatic rings. The van der Waals surface area contributed by atoms with Crippen LogP contribution in [-0.2, 0) is 24.0 Å². The van der Waals surface area contributed by atoms with Crippen LogP contribution in [-0.4, -0.2) is 86.9 Å². The molecule has 0 aromatic heterocycles. The van der Waals surface area contributed by atoms with Gasteiger partial charge in [-0.3, -0.25) is 19.2 Å². The van der Waals surface area contributed by atoms with E-state index < -0.39 is 48.4 Å². The first kappa shape index (κ1) is 24.6. The Morgan fingerprint density at radius 1 is 1.03 bits per heavy atom. The second-order valence-corrected chi connectivity index (χ2v) is 8.29. The average Bonchev–Trinajstić information content (AvgIpc) is 3.40. The fourth-order valence-electron chi connectivity index (χ4n) is 4.11. The highest BCUT2D eigenvalue weighted by Gasteiger charge is 2.43. The Balaban J connectivity index is 2.10. The van der Waals surface area contributed by atoms with Gasteiger partial charge in [0.05, 0.1) is 12.5 Å². The zero-order chi connectivity index (χ0) is 23.3. The van der Waals surface area contributed by atoms with Gasteiger partial charge in [-0.15, -0.1) is 0 Å². The minimum Gasteiger partial charge on any atom is -0.481 e. The second-order valence-electron chi connectivity index (χ2n) is 8.29. The summed E-state index contributed by atoms with van der Waals surface area (Å²) in [6.07, 6.45) is 1.98. The van der Waals surface area contributed by atoms with E-state index in [-0.39, 0.29) is 17.7 Å². The van der Waals surface area contributed by atoms with Gasteiger partial charge < -0.3 is 31.1 Å². The molecule has 2 fully saturated rings. The molecule has 5 N–H and O–H groups in total. The number of nitrogens with one attached hydrogen (secondary N) is 1. The van der Waals surface area contributed by atoms with Crippen molar-refractivity contribution in [1.29, 1.82) is 0 Å². The Bertz CT molecular complexity index is 728. The summed E-state index contributed by atoms with van der Waals surface area (Å²) in [4.78, 5) is 63.7. The predicted molar refractivity (Wildman–Crippen MR) is 109 cm³/mol. The van der Waals surface area contributed by atoms with Crippen LogP contribution in [0, 0.1) is 5.92 Å². The molecule has 2 heterocycles. The lowest BCUT2D eigenvalue weighted by atomic mass is 9.98. The van der Waals surface area contributed by atoms with Crippen LogP contribution in [0.4, 0.5) is 0 Å². The molecule has 174 valence electrons. The Morgan fingerprint density at radius 3 is 2.16 bits per heavy atom. The van der Waals surface area contributed by atoms with Gasteiger partial charge in [0, 0.05) is 13.1 Å². The molecule has 2 saturated heterocycles. The summed E-state index contributed by atoms with van der Waals surface area (Å²) in [5.41, 5.74) is 6.08. The molecule has 0 aromatic rings. The maximum Gasteiger partial charge on any atom is 0.326 e. The zero-order valence-electron chi connectivity index (χ0n) is 18.0. The lowest BCUT2D eigenvalue weighted by Gasteiger charge is -2.33. The lowest BCUT2D eigenvalue weighted by molar-refractivity contribution is -0.150. The van der Waals surface area contributed by atoms with E-state index in [1.807, 2.05) is 13.8 Å². The summed E-state index contributed by atoms with van der Waals surface area (Å²) in [6, 6.07) is -3.89. The van der Waals surface area contributed by atoms with Crippen molar-refractivity contribution < 1.29 is 34.2 Å². The smallest absolute Gasteiger partial charge is 0.326 e. The predicted octanol–water partition coefficient (Wildman–Crippen LogP) is -0.614. The maximum absolute atomic E-state index is 13.2. The summed E-state index contributed by atoms with van der Waals surface area (Å²) in [5, 5.41) is 20.2. The van der Waals surface area contributed by atoms with E-state index in [9.17, 15) is 24.0 Å². The van der Waals surface area contributed by atoms with Gasteiger partial charge in [0.2, 0.25) is 17.7 Å². The quantitative estimate of drug-likeness (QED) is 0.368. The fraction of sp³-hybridized carbons (Fsp3) is 0.750. The molecular formula is C20H32N4O7. The van der Waals surface area contributed by atoms with Crippen LogP contribution < -0.4 is 11.1 Å². The molecule has 2 aliphatic heterocycles. The van der Waals surface area contributed by atoms with Crippen LogP contribution in [0.5, 0.6) is 0 Å². The van der Waals surface area contributed by atoms with E-state index >= 15 is 0 Å². The zero-order valence-corrected chi connectivity index (χ0v) is 18.0. The largest absolute Gasteiger partial charge is 0.481 e. The number of nitrogens with two attached hydrogens (primary N) is 1. The third kappa shape index (κ3) is 5.72. The summed E-state index contributed by atoms with van der Waals surface area (Å²) in [5.74, 6) is -4.19. The fourth-order valence-corrected chi connectivity index (χ4v) is 4.11. The van der Waals surface area contributed by atoms with Crippen LogP contribution in [0.1, 0.15) is 52.4 Å². The second kappa shape index (κ2) is 10.6. The third-order valence-corrected chi connectivity index (χ3v) is 6.19. The molecule has 3 amide bonds. The molecule has 0 saturated carbocycles. The van der Waals surface area contributed by atoms with Crippen molar-refractivity contribution in [3.05, 3.63) is 0 Å². The summed E-state index contributed by atoms with van der Waals surface area (Å²) in [6.45, 7) is 4.55. The van der Waals surface area contributed by atoms with E-state index in [2.05, 4.69) is 5.32 Å². The minimum absolute atomic E-state index is 0.0312. The number of carbonyl (C=O) groups is 5. The van der Waals surface area contributed by atoms with E-state index in [1.54, 1.807) is 0 Å². The van der Waals surface area contributed by atoms with Crippen molar-refractivity contribution in [2.45, 2.75) is 76.5 Å². The number of hydrogen-bond acceptors (Lipinski definition) is 6. The Kier molecular flexibility index (Phi) is 8.37. The van der Waals surface area contributed by atoms with Gasteiger partial charge in [-0.05, 0) is 31.6 Å². The standard InChI is InChI=1S/C20H32N4O7/c1-3-11(2)16(21)19(29)24-9-5-7-14(24)18(28)23-8-4-6-13(23)17(27)22-12(20(30)31)10-15(25)26/h11-14,16H,3-10,21H2,1-2H3,(H,22,27)(H,25,26)(H,30,31). The summed E-state index contributed by atoms with van der Waals surface area (Å²) >= 11 is 0. The molecule has 0 aliphatic carbocycles. The number of rotatable bonds is 9. The molecular weight excluding hydrogens is 408 g/mol. The van der Waals surface area contributed by atoms with Crippen molar-refractivity contribution in [2.24, 2.45) is 11.7 Å². The molecule has 5 atom stereocenters. The van der Waals surface area contributed by atoms with Gasteiger partial charge >= 0.3 is 11.9 Å². The first-order chi connectivity index (χ1) is 14.6. The van der Waals surface area contributed by atoms with Crippen molar-refractivity contribution in [1.82, 2.24) is 15.1 Å². The molecule has 5 unspecified atom stereocenters. The van der Waals surface area contributed by atoms with Crippen LogP contribution in [0.2, 0.25) is 0 Å². The number of aliphatic carboxylic acids is 2. The minimum atomic E-state index is -1.58. The van der Waals surface area contributed by atoms with Crippen molar-refractivity contribution in [2.75, 3.05) is 13.1 Å². The van der Waals surface area contributed by atoms with Crippen LogP contribution in [0.3, 0.4) is 0 Å². The van der Waals surface area contributed by atoms with E-state index in [4.69, 9.17) is 15.9 Å². The highest BCUT2D eigenvalue weighted by Crippen LogP contribution is 2.26. The number of hydrogen-bond donors (Lipinski definition) is 4. The maximum atomic E-state index is 13.2. The Hall–Kier alpha value is -2.69. The topological polar surface area (TPSA) is 170 Å². The molecule has 0 aromatic carbocycles. The molecule has 11 nitrogen and oxygen atoms in total. The first-order valence-corrected chi connectivity index (χ1v) is 10.7. The average molecular weight is 440 g/mol. The normalized spacial score (nSPS) is 23.8. The molecule has 31 heavy (non-hydrogen) atoms. The number of likely N-dealkylation sites (tertiary alicyclic amines) is 2. The van der Waals surface area contributed by atoms with Gasteiger partial charge in [0.25, 0.3) is 0 Å². The molecule has 11 heteroatoms. The summed E-state index contributed by atoms with van der Waals surface area (Å²) < 4.78 is 0. The van der Waals surface area contributed by atoms with Crippen LogP contribution >= 0.6 is 0 Å². The molecule has 2 rings (SSSR count). The monoisotopic (exact) mass is 440 g/mol. The Labute approximate surface area is 180 Å². The first-order valence-electron chi connectivity index (χ1n) is 10.7. The number of carboxylic acid groups (broad SMARTS) is 2. The molecule has 0 radical (unpaired) electrons. The van der Waals surface area contributed by atoms with Gasteiger partial charge in [0.1, 0.15) is 18.1 Å². The number of carbonyl (C=O) groups excluding carboxylic acids is 3. The summed E-state index contributed by atoms with van der Waals surface area (Å²) in [7, 11) is 0. The number of carboxylic acids is 2. The van der Waals surface area contributed by atoms with Gasteiger partial charge in [-0.1, -0.05) is 20.3 Å². The van der Waals surface area contributed by atoms with Gasteiger partial charge in [0.15, 0.2) is 0 Å².